The van der Waals surface area contributed by atoms with Gasteiger partial charge in [-0.3, -0.25) is 4.57 Å². The van der Waals surface area contributed by atoms with Crippen molar-refractivity contribution in [1.29, 1.82) is 5.26 Å². The summed E-state index contributed by atoms with van der Waals surface area (Å²) in [6.07, 6.45) is 15.9. The molecular weight excluding hydrogens is 793 g/mol. The molecule has 0 N–H and O–H groups in total. The van der Waals surface area contributed by atoms with Gasteiger partial charge in [0.15, 0.2) is 23.3 Å². The Kier molecular flexibility index (Phi) is 8.55. The predicted molar refractivity (Wildman–Crippen MR) is 247 cm³/mol. The molecule has 12 rings (SSSR count). The average molecular weight is 823 g/mol. The van der Waals surface area contributed by atoms with Crippen LogP contribution in [0, 0.1) is 11.3 Å². The van der Waals surface area contributed by atoms with Crippen molar-refractivity contribution in [2.75, 3.05) is 0 Å². The van der Waals surface area contributed by atoms with Crippen molar-refractivity contribution in [3.8, 4) is 74.3 Å². The fraction of sp³-hybridized carbons (Fsp3) is 0. The number of nitriles is 1. The van der Waals surface area contributed by atoms with Gasteiger partial charge in [0.25, 0.3) is 0 Å². The number of benzene rings is 5. The van der Waals surface area contributed by atoms with Crippen molar-refractivity contribution in [3.05, 3.63) is 189 Å². The second kappa shape index (κ2) is 15.0. The van der Waals surface area contributed by atoms with E-state index < -0.39 is 0 Å². The van der Waals surface area contributed by atoms with E-state index in [0.29, 0.717) is 34.7 Å². The number of aromatic nitrogens is 11. The van der Waals surface area contributed by atoms with Crippen molar-refractivity contribution in [1.82, 2.24) is 54.0 Å². The quantitative estimate of drug-likeness (QED) is 0.152. The molecule has 0 unspecified atom stereocenters. The highest BCUT2D eigenvalue weighted by Gasteiger charge is 2.23. The summed E-state index contributed by atoms with van der Waals surface area (Å²) in [5.74, 6) is 3.18. The molecule has 0 atom stereocenters. The van der Waals surface area contributed by atoms with E-state index in [1.807, 2.05) is 79.0 Å². The molecule has 298 valence electrons. The normalized spacial score (nSPS) is 11.4. The van der Waals surface area contributed by atoms with Crippen LogP contribution in [0.25, 0.3) is 112 Å². The minimum atomic E-state index is 0.538. The lowest BCUT2D eigenvalue weighted by Crippen LogP contribution is -2.04. The molecule has 0 bridgehead atoms. The molecule has 0 aliphatic heterocycles. The van der Waals surface area contributed by atoms with Gasteiger partial charge in [-0.2, -0.15) is 5.26 Å². The molecule has 0 aliphatic rings. The SMILES string of the molecule is N#Cc1ccccc1-c1cc(-n2c3ccc(-c4ncccn4)cc3c3cc(-c4ncccn4)ccc32)ncc1-n1c2ccc(-c3ncccn3)cc2c2cc(-c3ncccn3)ccc21. The fourth-order valence-corrected chi connectivity index (χ4v) is 8.67. The van der Waals surface area contributed by atoms with Gasteiger partial charge < -0.3 is 4.57 Å². The standard InChI is InChI=1S/C52H30N12/c53-30-36-7-1-2-8-37(36)42-29-48(64-45-15-11-34(51-58-21-5-22-59-51)27-40(45)41-28-35(12-16-46(41)64)52-60-23-6-24-61-52)62-31-47(42)63-43-13-9-32(49-54-17-3-18-55-49)25-38(43)39-26-33(10-14-44(39)63)50-56-19-4-20-57-50/h1-29,31H. The summed E-state index contributed by atoms with van der Waals surface area (Å²) in [7, 11) is 0. The Morgan fingerprint density at radius 2 is 0.734 bits per heavy atom. The van der Waals surface area contributed by atoms with Crippen molar-refractivity contribution in [2.24, 2.45) is 0 Å². The number of nitrogens with zero attached hydrogens (tertiary/aromatic N) is 12. The van der Waals surface area contributed by atoms with Gasteiger partial charge in [-0.25, -0.2) is 44.9 Å². The molecule has 0 saturated carbocycles. The van der Waals surface area contributed by atoms with Gasteiger partial charge in [-0.15, -0.1) is 0 Å². The lowest BCUT2D eigenvalue weighted by Gasteiger charge is -2.17. The Labute approximate surface area is 364 Å². The predicted octanol–water partition coefficient (Wildman–Crippen LogP) is 10.6. The molecule has 12 heteroatoms. The number of rotatable bonds is 7. The molecule has 64 heavy (non-hydrogen) atoms. The molecular formula is C52H30N12. The minimum Gasteiger partial charge on any atom is -0.307 e. The van der Waals surface area contributed by atoms with E-state index in [0.717, 1.165) is 82.7 Å². The van der Waals surface area contributed by atoms with Gasteiger partial charge in [0.2, 0.25) is 0 Å². The maximum absolute atomic E-state index is 10.6. The first-order valence-corrected chi connectivity index (χ1v) is 20.5. The Hall–Kier alpha value is -9.34. The van der Waals surface area contributed by atoms with Crippen LogP contribution in [-0.4, -0.2) is 54.0 Å². The van der Waals surface area contributed by atoms with E-state index in [-0.39, 0.29) is 0 Å². The van der Waals surface area contributed by atoms with Crippen LogP contribution in [0.3, 0.4) is 0 Å². The van der Waals surface area contributed by atoms with Crippen LogP contribution in [0.5, 0.6) is 0 Å². The molecule has 0 radical (unpaired) electrons. The van der Waals surface area contributed by atoms with Crippen LogP contribution < -0.4 is 0 Å². The Balaban J connectivity index is 1.13. The first-order chi connectivity index (χ1) is 31.7. The Morgan fingerprint density at radius 3 is 1.12 bits per heavy atom. The number of hydrogen-bond donors (Lipinski definition) is 0. The van der Waals surface area contributed by atoms with Gasteiger partial charge in [0.05, 0.1) is 45.6 Å². The van der Waals surface area contributed by atoms with E-state index in [1.165, 1.54) is 0 Å². The highest BCUT2D eigenvalue weighted by Crippen LogP contribution is 2.42. The largest absolute Gasteiger partial charge is 0.307 e. The van der Waals surface area contributed by atoms with E-state index in [9.17, 15) is 5.26 Å². The molecule has 5 aromatic carbocycles. The molecule has 7 heterocycles. The minimum absolute atomic E-state index is 0.538. The number of pyridine rings is 1. The van der Waals surface area contributed by atoms with Crippen LogP contribution in [0.2, 0.25) is 0 Å². The molecule has 0 amide bonds. The van der Waals surface area contributed by atoms with Gasteiger partial charge >= 0.3 is 0 Å². The Bertz CT molecular complexity index is 3590. The summed E-state index contributed by atoms with van der Waals surface area (Å²) < 4.78 is 4.39. The number of hydrogen-bond acceptors (Lipinski definition) is 10. The van der Waals surface area contributed by atoms with E-state index in [1.54, 1.807) is 49.6 Å². The summed E-state index contributed by atoms with van der Waals surface area (Å²) in [6, 6.07) is 44.5. The molecule has 7 aromatic heterocycles. The lowest BCUT2D eigenvalue weighted by atomic mass is 9.99. The monoisotopic (exact) mass is 822 g/mol. The summed E-state index contributed by atoms with van der Waals surface area (Å²) in [5.41, 5.74) is 10.2. The van der Waals surface area contributed by atoms with E-state index in [2.05, 4.69) is 110 Å². The van der Waals surface area contributed by atoms with E-state index >= 15 is 0 Å². The van der Waals surface area contributed by atoms with Crippen LogP contribution in [0.4, 0.5) is 0 Å². The summed E-state index contributed by atoms with van der Waals surface area (Å²) in [6.45, 7) is 0. The lowest BCUT2D eigenvalue weighted by molar-refractivity contribution is 1.05. The fourth-order valence-electron chi connectivity index (χ4n) is 8.67. The zero-order valence-corrected chi connectivity index (χ0v) is 33.7. The molecule has 0 fully saturated rings. The molecule has 12 aromatic rings. The zero-order chi connectivity index (χ0) is 42.6. The number of fused-ring (bicyclic) bond motifs is 6. The van der Waals surface area contributed by atoms with Crippen molar-refractivity contribution >= 4 is 43.6 Å². The third-order valence-corrected chi connectivity index (χ3v) is 11.5. The van der Waals surface area contributed by atoms with Gasteiger partial charge in [-0.05, 0) is 109 Å². The van der Waals surface area contributed by atoms with Crippen LogP contribution in [0.15, 0.2) is 183 Å². The molecule has 0 spiro atoms. The second-order valence-electron chi connectivity index (χ2n) is 15.1. The van der Waals surface area contributed by atoms with Crippen LogP contribution in [0.1, 0.15) is 5.56 Å². The molecule has 12 nitrogen and oxygen atoms in total. The summed E-state index contributed by atoms with van der Waals surface area (Å²) >= 11 is 0. The smallest absolute Gasteiger partial charge is 0.159 e. The van der Waals surface area contributed by atoms with Crippen molar-refractivity contribution in [2.45, 2.75) is 0 Å². The van der Waals surface area contributed by atoms with Crippen LogP contribution >= 0.6 is 0 Å². The first-order valence-electron chi connectivity index (χ1n) is 20.5. The average Bonchev–Trinajstić information content (AvgIpc) is 3.88. The maximum atomic E-state index is 10.6. The van der Waals surface area contributed by atoms with Gasteiger partial charge in [0.1, 0.15) is 5.82 Å². The van der Waals surface area contributed by atoms with Gasteiger partial charge in [-0.1, -0.05) is 18.2 Å². The molecule has 0 saturated heterocycles. The second-order valence-corrected chi connectivity index (χ2v) is 15.1. The highest BCUT2D eigenvalue weighted by atomic mass is 15.1. The topological polar surface area (TPSA) is 150 Å². The van der Waals surface area contributed by atoms with E-state index in [4.69, 9.17) is 4.98 Å². The van der Waals surface area contributed by atoms with Crippen molar-refractivity contribution < 1.29 is 0 Å². The zero-order valence-electron chi connectivity index (χ0n) is 33.7. The Morgan fingerprint density at radius 1 is 0.359 bits per heavy atom. The summed E-state index contributed by atoms with van der Waals surface area (Å²) in [4.78, 5) is 41.8. The van der Waals surface area contributed by atoms with Crippen LogP contribution in [-0.2, 0) is 0 Å². The van der Waals surface area contributed by atoms with Crippen molar-refractivity contribution in [3.63, 3.8) is 0 Å². The third kappa shape index (κ3) is 6.03. The molecule has 0 aliphatic carbocycles. The van der Waals surface area contributed by atoms with Gasteiger partial charge in [0, 0.05) is 105 Å². The first kappa shape index (κ1) is 36.5. The third-order valence-electron chi connectivity index (χ3n) is 11.5. The summed E-state index contributed by atoms with van der Waals surface area (Å²) in [5, 5.41) is 14.5. The highest BCUT2D eigenvalue weighted by molar-refractivity contribution is 6.13. The maximum Gasteiger partial charge on any atom is 0.159 e.